The molecule has 2 rings (SSSR count). The third-order valence-corrected chi connectivity index (χ3v) is 2.72. The van der Waals surface area contributed by atoms with Crippen LogP contribution in [0.15, 0.2) is 42.6 Å². The maximum Gasteiger partial charge on any atom is 0.274 e. The van der Waals surface area contributed by atoms with Crippen molar-refractivity contribution in [2.24, 2.45) is 0 Å². The number of nitrogens with one attached hydrogen (secondary N) is 2. The van der Waals surface area contributed by atoms with Crippen molar-refractivity contribution >= 4 is 17.3 Å². The first-order valence-corrected chi connectivity index (χ1v) is 6.62. The maximum atomic E-state index is 12.0. The van der Waals surface area contributed by atoms with Crippen molar-refractivity contribution in [2.45, 2.75) is 19.9 Å². The zero-order chi connectivity index (χ0) is 15.2. The highest BCUT2D eigenvalue weighted by molar-refractivity contribution is 6.02. The van der Waals surface area contributed by atoms with Crippen LogP contribution < -0.4 is 10.6 Å². The quantitative estimate of drug-likeness (QED) is 0.902. The predicted octanol–water partition coefficient (Wildman–Crippen LogP) is 3.03. The predicted molar refractivity (Wildman–Crippen MR) is 82.1 cm³/mol. The number of hydrogen-bond donors (Lipinski definition) is 2. The van der Waals surface area contributed by atoms with Gasteiger partial charge in [0.05, 0.1) is 23.5 Å². The van der Waals surface area contributed by atoms with Crippen LogP contribution in [0.3, 0.4) is 0 Å². The monoisotopic (exact) mass is 280 g/mol. The highest BCUT2D eigenvalue weighted by Crippen LogP contribution is 2.12. The van der Waals surface area contributed by atoms with Crippen LogP contribution in [-0.4, -0.2) is 16.9 Å². The minimum absolute atomic E-state index is 0.282. The first kappa shape index (κ1) is 14.5. The molecule has 2 N–H and O–H groups in total. The van der Waals surface area contributed by atoms with E-state index < -0.39 is 0 Å². The number of nitriles is 1. The normalized spacial score (nSPS) is 10.0. The van der Waals surface area contributed by atoms with E-state index in [2.05, 4.69) is 15.6 Å². The number of nitrogens with zero attached hydrogens (tertiary/aromatic N) is 2. The topological polar surface area (TPSA) is 77.8 Å². The van der Waals surface area contributed by atoms with Gasteiger partial charge in [-0.15, -0.1) is 0 Å². The second kappa shape index (κ2) is 6.53. The van der Waals surface area contributed by atoms with Gasteiger partial charge < -0.3 is 10.6 Å². The summed E-state index contributed by atoms with van der Waals surface area (Å²) in [5.41, 5.74) is 2.40. The molecule has 0 bridgehead atoms. The number of hydrogen-bond acceptors (Lipinski definition) is 4. The molecule has 5 nitrogen and oxygen atoms in total. The fourth-order valence-electron chi connectivity index (χ4n) is 1.77. The molecule has 0 atom stereocenters. The van der Waals surface area contributed by atoms with E-state index in [1.54, 1.807) is 36.5 Å². The molecule has 1 heterocycles. The lowest BCUT2D eigenvalue weighted by atomic mass is 10.2. The number of rotatable bonds is 4. The summed E-state index contributed by atoms with van der Waals surface area (Å²) in [6, 6.07) is 12.5. The van der Waals surface area contributed by atoms with Crippen LogP contribution in [0.5, 0.6) is 0 Å². The van der Waals surface area contributed by atoms with Crippen molar-refractivity contribution in [1.29, 1.82) is 5.26 Å². The molecular weight excluding hydrogens is 264 g/mol. The van der Waals surface area contributed by atoms with Crippen molar-refractivity contribution in [3.63, 3.8) is 0 Å². The summed E-state index contributed by atoms with van der Waals surface area (Å²) in [6.45, 7) is 4.07. The third-order valence-electron chi connectivity index (χ3n) is 2.72. The standard InChI is InChI=1S/C16H16N4O/c1-11(2)19-14-7-8-15(18-10-14)16(21)20-13-5-3-12(9-17)4-6-13/h3-8,10-11,19H,1-2H3,(H,20,21). The number of carbonyl (C=O) groups excluding carboxylic acids is 1. The first-order chi connectivity index (χ1) is 10.1. The lowest BCUT2D eigenvalue weighted by molar-refractivity contribution is 0.102. The van der Waals surface area contributed by atoms with E-state index in [9.17, 15) is 4.79 Å². The van der Waals surface area contributed by atoms with Crippen LogP contribution in [0.2, 0.25) is 0 Å². The Balaban J connectivity index is 2.04. The van der Waals surface area contributed by atoms with Crippen LogP contribution in [0.4, 0.5) is 11.4 Å². The molecule has 2 aromatic rings. The van der Waals surface area contributed by atoms with Crippen molar-refractivity contribution < 1.29 is 4.79 Å². The molecule has 0 aliphatic carbocycles. The first-order valence-electron chi connectivity index (χ1n) is 6.62. The van der Waals surface area contributed by atoms with E-state index in [0.29, 0.717) is 23.0 Å². The Kier molecular flexibility index (Phi) is 4.52. The molecule has 0 spiro atoms. The molecule has 1 amide bonds. The van der Waals surface area contributed by atoms with Gasteiger partial charge in [-0.1, -0.05) is 0 Å². The van der Waals surface area contributed by atoms with E-state index in [4.69, 9.17) is 5.26 Å². The second-order valence-corrected chi connectivity index (χ2v) is 4.87. The van der Waals surface area contributed by atoms with Crippen molar-refractivity contribution in [3.8, 4) is 6.07 Å². The minimum atomic E-state index is -0.282. The van der Waals surface area contributed by atoms with Gasteiger partial charge in [0, 0.05) is 11.7 Å². The average molecular weight is 280 g/mol. The number of carbonyl (C=O) groups is 1. The third kappa shape index (κ3) is 4.05. The largest absolute Gasteiger partial charge is 0.382 e. The fourth-order valence-corrected chi connectivity index (χ4v) is 1.77. The van der Waals surface area contributed by atoms with E-state index in [-0.39, 0.29) is 5.91 Å². The van der Waals surface area contributed by atoms with Gasteiger partial charge in [-0.3, -0.25) is 4.79 Å². The van der Waals surface area contributed by atoms with Gasteiger partial charge in [0.1, 0.15) is 5.69 Å². The second-order valence-electron chi connectivity index (χ2n) is 4.87. The Bertz CT molecular complexity index is 654. The molecule has 0 unspecified atom stereocenters. The molecule has 21 heavy (non-hydrogen) atoms. The number of aromatic nitrogens is 1. The van der Waals surface area contributed by atoms with Crippen molar-refractivity contribution in [2.75, 3.05) is 10.6 Å². The summed E-state index contributed by atoms with van der Waals surface area (Å²) in [4.78, 5) is 16.2. The molecular formula is C16H16N4O. The zero-order valence-corrected chi connectivity index (χ0v) is 11.9. The summed E-state index contributed by atoms with van der Waals surface area (Å²) in [7, 11) is 0. The summed E-state index contributed by atoms with van der Waals surface area (Å²) in [5, 5.41) is 14.7. The van der Waals surface area contributed by atoms with Crippen LogP contribution in [-0.2, 0) is 0 Å². The Morgan fingerprint density at radius 1 is 1.14 bits per heavy atom. The lowest BCUT2D eigenvalue weighted by Gasteiger charge is -2.10. The van der Waals surface area contributed by atoms with Crippen LogP contribution in [0, 0.1) is 11.3 Å². The number of benzene rings is 1. The lowest BCUT2D eigenvalue weighted by Crippen LogP contribution is -2.14. The van der Waals surface area contributed by atoms with E-state index in [1.165, 1.54) is 0 Å². The van der Waals surface area contributed by atoms with Crippen LogP contribution >= 0.6 is 0 Å². The average Bonchev–Trinajstić information content (AvgIpc) is 2.48. The Hall–Kier alpha value is -2.87. The van der Waals surface area contributed by atoms with E-state index in [0.717, 1.165) is 5.69 Å². The van der Waals surface area contributed by atoms with Gasteiger partial charge in [-0.2, -0.15) is 5.26 Å². The number of amides is 1. The molecule has 1 aromatic carbocycles. The summed E-state index contributed by atoms with van der Waals surface area (Å²) >= 11 is 0. The molecule has 106 valence electrons. The Labute approximate surface area is 123 Å². The van der Waals surface area contributed by atoms with E-state index in [1.807, 2.05) is 26.0 Å². The van der Waals surface area contributed by atoms with Gasteiger partial charge in [0.2, 0.25) is 0 Å². The van der Waals surface area contributed by atoms with Gasteiger partial charge in [0.25, 0.3) is 5.91 Å². The fraction of sp³-hybridized carbons (Fsp3) is 0.188. The molecule has 0 saturated carbocycles. The van der Waals surface area contributed by atoms with Gasteiger partial charge >= 0.3 is 0 Å². The summed E-state index contributed by atoms with van der Waals surface area (Å²) < 4.78 is 0. The molecule has 1 aromatic heterocycles. The maximum absolute atomic E-state index is 12.0. The van der Waals surface area contributed by atoms with Gasteiger partial charge in [0.15, 0.2) is 0 Å². The smallest absolute Gasteiger partial charge is 0.274 e. The van der Waals surface area contributed by atoms with Gasteiger partial charge in [-0.05, 0) is 50.2 Å². The molecule has 0 aliphatic rings. The van der Waals surface area contributed by atoms with Crippen LogP contribution in [0.25, 0.3) is 0 Å². The molecule has 0 saturated heterocycles. The van der Waals surface area contributed by atoms with Crippen molar-refractivity contribution in [1.82, 2.24) is 4.98 Å². The summed E-state index contributed by atoms with van der Waals surface area (Å²) in [6.07, 6.45) is 1.63. The SMILES string of the molecule is CC(C)Nc1ccc(C(=O)Nc2ccc(C#N)cc2)nc1. The molecule has 0 aliphatic heterocycles. The highest BCUT2D eigenvalue weighted by atomic mass is 16.1. The number of anilines is 2. The molecule has 0 fully saturated rings. The Morgan fingerprint density at radius 2 is 1.81 bits per heavy atom. The van der Waals surface area contributed by atoms with E-state index >= 15 is 0 Å². The zero-order valence-electron chi connectivity index (χ0n) is 11.9. The van der Waals surface area contributed by atoms with Crippen LogP contribution in [0.1, 0.15) is 29.9 Å². The number of pyridine rings is 1. The van der Waals surface area contributed by atoms with Crippen molar-refractivity contribution in [3.05, 3.63) is 53.9 Å². The Morgan fingerprint density at radius 3 is 2.33 bits per heavy atom. The molecule has 5 heteroatoms. The summed E-state index contributed by atoms with van der Waals surface area (Å²) in [5.74, 6) is -0.282. The molecule has 0 radical (unpaired) electrons. The minimum Gasteiger partial charge on any atom is -0.382 e. The highest BCUT2D eigenvalue weighted by Gasteiger charge is 2.08. The van der Waals surface area contributed by atoms with Gasteiger partial charge in [-0.25, -0.2) is 4.98 Å².